The van der Waals surface area contributed by atoms with Crippen molar-refractivity contribution in [1.82, 2.24) is 0 Å². The van der Waals surface area contributed by atoms with Crippen LogP contribution in [0, 0.1) is 0 Å². The van der Waals surface area contributed by atoms with Gasteiger partial charge in [-0.25, -0.2) is 0 Å². The first-order valence-electron chi connectivity index (χ1n) is 9.30. The van der Waals surface area contributed by atoms with Crippen LogP contribution in [0.5, 0.6) is 0 Å². The fourth-order valence-electron chi connectivity index (χ4n) is 5.02. The lowest BCUT2D eigenvalue weighted by Crippen LogP contribution is -2.62. The lowest BCUT2D eigenvalue weighted by molar-refractivity contribution is -0.761. The van der Waals surface area contributed by atoms with Crippen molar-refractivity contribution in [3.8, 4) is 11.3 Å². The number of rotatable bonds is 3. The molecular formula is C23H26N+. The number of nitrogens with zero attached hydrogens (tertiary/aromatic N) is 1. The minimum absolute atomic E-state index is 0.169. The van der Waals surface area contributed by atoms with Gasteiger partial charge in [0.2, 0.25) is 5.69 Å². The first kappa shape index (κ1) is 15.4. The predicted octanol–water partition coefficient (Wildman–Crippen LogP) is 5.82. The van der Waals surface area contributed by atoms with Crippen LogP contribution >= 0.6 is 0 Å². The summed E-state index contributed by atoms with van der Waals surface area (Å²) in [5.41, 5.74) is 4.51. The van der Waals surface area contributed by atoms with Gasteiger partial charge in [0.05, 0.1) is 10.9 Å². The van der Waals surface area contributed by atoms with E-state index < -0.39 is 0 Å². The molecule has 122 valence electrons. The van der Waals surface area contributed by atoms with Gasteiger partial charge in [-0.2, -0.15) is 4.57 Å². The van der Waals surface area contributed by atoms with Crippen molar-refractivity contribution < 1.29 is 4.57 Å². The van der Waals surface area contributed by atoms with Crippen LogP contribution in [0.4, 0.5) is 0 Å². The molecule has 2 heterocycles. The summed E-state index contributed by atoms with van der Waals surface area (Å²) in [4.78, 5) is 0. The maximum Gasteiger partial charge on any atom is 0.221 e. The topological polar surface area (TPSA) is 3.88 Å². The second-order valence-electron chi connectivity index (χ2n) is 6.98. The molecule has 0 saturated carbocycles. The van der Waals surface area contributed by atoms with E-state index in [2.05, 4.69) is 86.1 Å². The Morgan fingerprint density at radius 3 is 2.33 bits per heavy atom. The van der Waals surface area contributed by atoms with E-state index in [1.165, 1.54) is 34.0 Å². The Morgan fingerprint density at radius 1 is 0.875 bits per heavy atom. The van der Waals surface area contributed by atoms with E-state index in [1.807, 2.05) is 0 Å². The van der Waals surface area contributed by atoms with Crippen molar-refractivity contribution in [2.45, 2.75) is 51.5 Å². The van der Waals surface area contributed by atoms with Gasteiger partial charge < -0.3 is 0 Å². The zero-order valence-corrected chi connectivity index (χ0v) is 14.9. The Kier molecular flexibility index (Phi) is 3.68. The lowest BCUT2D eigenvalue weighted by Gasteiger charge is -2.40. The highest BCUT2D eigenvalue weighted by molar-refractivity contribution is 5.94. The molecule has 1 atom stereocenters. The van der Waals surface area contributed by atoms with Crippen LogP contribution in [0.25, 0.3) is 22.0 Å². The SMILES string of the molecule is CCC1c2ccccc2-c2c3ccccc3cc[n+]2C1(CC)CC. The van der Waals surface area contributed by atoms with Gasteiger partial charge >= 0.3 is 0 Å². The average molecular weight is 316 g/mol. The summed E-state index contributed by atoms with van der Waals surface area (Å²) >= 11 is 0. The van der Waals surface area contributed by atoms with E-state index >= 15 is 0 Å². The van der Waals surface area contributed by atoms with Crippen molar-refractivity contribution in [3.63, 3.8) is 0 Å². The molecule has 0 radical (unpaired) electrons. The summed E-state index contributed by atoms with van der Waals surface area (Å²) in [6.07, 6.45) is 5.83. The second-order valence-corrected chi connectivity index (χ2v) is 6.98. The van der Waals surface area contributed by atoms with E-state index in [4.69, 9.17) is 0 Å². The number of pyridine rings is 1. The maximum absolute atomic E-state index is 2.60. The maximum atomic E-state index is 2.60. The minimum Gasteiger partial charge on any atom is -0.192 e. The third-order valence-electron chi connectivity index (χ3n) is 6.21. The lowest BCUT2D eigenvalue weighted by atomic mass is 9.69. The Labute approximate surface area is 145 Å². The van der Waals surface area contributed by atoms with E-state index in [1.54, 1.807) is 0 Å². The molecular weight excluding hydrogens is 290 g/mol. The molecule has 0 fully saturated rings. The van der Waals surface area contributed by atoms with Crippen LogP contribution in [0.15, 0.2) is 60.8 Å². The Morgan fingerprint density at radius 2 is 1.58 bits per heavy atom. The summed E-state index contributed by atoms with van der Waals surface area (Å²) in [6, 6.07) is 20.2. The summed E-state index contributed by atoms with van der Waals surface area (Å²) in [5, 5.41) is 2.70. The quantitative estimate of drug-likeness (QED) is 0.536. The largest absolute Gasteiger partial charge is 0.221 e. The van der Waals surface area contributed by atoms with Crippen molar-refractivity contribution in [2.24, 2.45) is 0 Å². The third kappa shape index (κ3) is 1.90. The third-order valence-corrected chi connectivity index (χ3v) is 6.21. The zero-order chi connectivity index (χ0) is 16.7. The standard InChI is InChI=1S/C23H26N/c1-4-21-19-13-9-10-14-20(19)22-18-12-8-7-11-17(18)15-16-24(22)23(21,5-2)6-3/h7-16,21H,4-6H2,1-3H3/q+1. The molecule has 3 aromatic rings. The van der Waals surface area contributed by atoms with Crippen LogP contribution in [0.2, 0.25) is 0 Å². The second kappa shape index (κ2) is 5.73. The van der Waals surface area contributed by atoms with E-state index in [0.717, 1.165) is 12.8 Å². The van der Waals surface area contributed by atoms with Gasteiger partial charge in [-0.05, 0) is 29.5 Å². The van der Waals surface area contributed by atoms with Crippen LogP contribution in [-0.4, -0.2) is 0 Å². The molecule has 0 bridgehead atoms. The minimum atomic E-state index is 0.169. The highest BCUT2D eigenvalue weighted by Crippen LogP contribution is 2.47. The van der Waals surface area contributed by atoms with Crippen molar-refractivity contribution >= 4 is 10.8 Å². The Balaban J connectivity index is 2.17. The molecule has 1 unspecified atom stereocenters. The molecule has 1 aliphatic rings. The van der Waals surface area contributed by atoms with Gasteiger partial charge in [0.1, 0.15) is 0 Å². The van der Waals surface area contributed by atoms with Gasteiger partial charge in [0.15, 0.2) is 11.7 Å². The molecule has 1 aliphatic heterocycles. The molecule has 2 aromatic carbocycles. The number of hydrogen-bond acceptors (Lipinski definition) is 0. The number of fused-ring (bicyclic) bond motifs is 5. The van der Waals surface area contributed by atoms with Crippen LogP contribution in [-0.2, 0) is 5.54 Å². The molecule has 0 saturated heterocycles. The molecule has 1 nitrogen and oxygen atoms in total. The van der Waals surface area contributed by atoms with Crippen molar-refractivity contribution in [1.29, 1.82) is 0 Å². The molecule has 0 amide bonds. The zero-order valence-electron chi connectivity index (χ0n) is 14.9. The number of hydrogen-bond donors (Lipinski definition) is 0. The summed E-state index contributed by atoms with van der Waals surface area (Å²) in [7, 11) is 0. The Bertz CT molecular complexity index is 889. The van der Waals surface area contributed by atoms with E-state index in [9.17, 15) is 0 Å². The van der Waals surface area contributed by atoms with Gasteiger partial charge in [0, 0.05) is 24.8 Å². The van der Waals surface area contributed by atoms with Crippen LogP contribution in [0.3, 0.4) is 0 Å². The smallest absolute Gasteiger partial charge is 0.192 e. The molecule has 1 aromatic heterocycles. The monoisotopic (exact) mass is 316 g/mol. The number of aromatic nitrogens is 1. The van der Waals surface area contributed by atoms with Gasteiger partial charge in [-0.3, -0.25) is 0 Å². The van der Waals surface area contributed by atoms with E-state index in [-0.39, 0.29) is 5.54 Å². The molecule has 0 N–H and O–H groups in total. The van der Waals surface area contributed by atoms with Crippen LogP contribution in [0.1, 0.15) is 51.5 Å². The van der Waals surface area contributed by atoms with E-state index in [0.29, 0.717) is 5.92 Å². The normalized spacial score (nSPS) is 18.2. The van der Waals surface area contributed by atoms with Crippen molar-refractivity contribution in [2.75, 3.05) is 0 Å². The van der Waals surface area contributed by atoms with Gasteiger partial charge in [0.25, 0.3) is 0 Å². The molecule has 0 spiro atoms. The van der Waals surface area contributed by atoms with Gasteiger partial charge in [-0.15, -0.1) is 0 Å². The molecule has 4 rings (SSSR count). The molecule has 0 aliphatic carbocycles. The fourth-order valence-corrected chi connectivity index (χ4v) is 5.02. The fraction of sp³-hybridized carbons (Fsp3) is 0.348. The van der Waals surface area contributed by atoms with Crippen LogP contribution < -0.4 is 4.57 Å². The van der Waals surface area contributed by atoms with Crippen molar-refractivity contribution in [3.05, 3.63) is 66.4 Å². The summed E-state index contributed by atoms with van der Waals surface area (Å²) < 4.78 is 2.60. The molecule has 24 heavy (non-hydrogen) atoms. The number of benzene rings is 2. The predicted molar refractivity (Wildman–Crippen MR) is 101 cm³/mol. The molecule has 1 heteroatoms. The summed E-state index contributed by atoms with van der Waals surface area (Å²) in [6.45, 7) is 7.05. The Hall–Kier alpha value is -2.15. The van der Waals surface area contributed by atoms with Gasteiger partial charge in [-0.1, -0.05) is 57.2 Å². The first-order chi connectivity index (χ1) is 11.8. The summed E-state index contributed by atoms with van der Waals surface area (Å²) in [5.74, 6) is 0.572. The first-order valence-corrected chi connectivity index (χ1v) is 9.30. The highest BCUT2D eigenvalue weighted by Gasteiger charge is 2.50. The highest BCUT2D eigenvalue weighted by atomic mass is 15.1. The average Bonchev–Trinajstić information content (AvgIpc) is 2.66.